The van der Waals surface area contributed by atoms with Crippen LogP contribution in [0.4, 0.5) is 13.2 Å². The molecule has 1 nitrogen and oxygen atoms in total. The minimum absolute atomic E-state index is 0.0473. The molecule has 21 heavy (non-hydrogen) atoms. The average molecular weight is 355 g/mol. The molecule has 0 radical (unpaired) electrons. The first kappa shape index (κ1) is 18.7. The smallest absolute Gasteiger partial charge is 0.408 e. The van der Waals surface area contributed by atoms with Crippen molar-refractivity contribution in [3.05, 3.63) is 34.9 Å². The minimum Gasteiger partial charge on any atom is -0.408 e. The van der Waals surface area contributed by atoms with Crippen LogP contribution in [0.25, 0.3) is 0 Å². The summed E-state index contributed by atoms with van der Waals surface area (Å²) in [5.41, 5.74) is 1.00. The van der Waals surface area contributed by atoms with Gasteiger partial charge in [0.25, 0.3) is 0 Å². The van der Waals surface area contributed by atoms with E-state index in [9.17, 15) is 13.2 Å². The summed E-state index contributed by atoms with van der Waals surface area (Å²) in [5.74, 6) is 0. The van der Waals surface area contributed by atoms with Crippen LogP contribution in [0.15, 0.2) is 24.3 Å². The highest BCUT2D eigenvalue weighted by Gasteiger charge is 2.45. The zero-order chi connectivity index (χ0) is 16.5. The van der Waals surface area contributed by atoms with E-state index in [0.29, 0.717) is 5.02 Å². The van der Waals surface area contributed by atoms with Crippen molar-refractivity contribution in [2.75, 3.05) is 6.61 Å². The van der Waals surface area contributed by atoms with Crippen LogP contribution in [0.1, 0.15) is 10.7 Å². The molecule has 0 fully saturated rings. The first-order valence-electron chi connectivity index (χ1n) is 6.79. The summed E-state index contributed by atoms with van der Waals surface area (Å²) in [7, 11) is -4.33. The normalized spacial score (nSPS) is 15.1. The van der Waals surface area contributed by atoms with Crippen molar-refractivity contribution in [1.82, 2.24) is 0 Å². The Morgan fingerprint density at radius 1 is 1.14 bits per heavy atom. The SMILES string of the molecule is C[Si](C)(C)C(c1cccc(Cl)c1)[Si](C)(C)OCC(F)(F)F. The lowest BCUT2D eigenvalue weighted by Gasteiger charge is -2.40. The van der Waals surface area contributed by atoms with E-state index < -0.39 is 29.2 Å². The zero-order valence-corrected chi connectivity index (χ0v) is 15.8. The Morgan fingerprint density at radius 3 is 2.14 bits per heavy atom. The molecule has 0 saturated heterocycles. The Bertz CT molecular complexity index is 484. The van der Waals surface area contributed by atoms with Gasteiger partial charge in [0.2, 0.25) is 0 Å². The van der Waals surface area contributed by atoms with Crippen molar-refractivity contribution in [3.63, 3.8) is 0 Å². The molecule has 1 aromatic carbocycles. The van der Waals surface area contributed by atoms with Crippen LogP contribution in [-0.2, 0) is 4.43 Å². The number of benzene rings is 1. The first-order chi connectivity index (χ1) is 9.33. The van der Waals surface area contributed by atoms with Crippen molar-refractivity contribution < 1.29 is 17.6 Å². The van der Waals surface area contributed by atoms with Crippen molar-refractivity contribution in [3.8, 4) is 0 Å². The molecule has 0 bridgehead atoms. The molecule has 1 aromatic rings. The number of rotatable bonds is 5. The fraction of sp³-hybridized carbons (Fsp3) is 0.571. The lowest BCUT2D eigenvalue weighted by atomic mass is 10.2. The highest BCUT2D eigenvalue weighted by molar-refractivity contribution is 6.94. The molecule has 1 unspecified atom stereocenters. The summed E-state index contributed by atoms with van der Waals surface area (Å²) < 4.78 is 42.9. The Hall–Kier alpha value is -0.306. The van der Waals surface area contributed by atoms with Crippen LogP contribution in [0.5, 0.6) is 0 Å². The van der Waals surface area contributed by atoms with E-state index in [0.717, 1.165) is 5.56 Å². The zero-order valence-electron chi connectivity index (χ0n) is 13.0. The van der Waals surface area contributed by atoms with Crippen LogP contribution in [-0.4, -0.2) is 29.2 Å². The molecule has 120 valence electrons. The lowest BCUT2D eigenvalue weighted by molar-refractivity contribution is -0.155. The maximum atomic E-state index is 12.5. The largest absolute Gasteiger partial charge is 0.410 e. The fourth-order valence-electron chi connectivity index (χ4n) is 2.98. The topological polar surface area (TPSA) is 9.23 Å². The molecule has 0 aromatic heterocycles. The van der Waals surface area contributed by atoms with E-state index in [-0.39, 0.29) is 5.16 Å². The van der Waals surface area contributed by atoms with Crippen molar-refractivity contribution in [2.24, 2.45) is 0 Å². The van der Waals surface area contributed by atoms with Gasteiger partial charge in [-0.1, -0.05) is 43.4 Å². The summed E-state index contributed by atoms with van der Waals surface area (Å²) in [6.07, 6.45) is -4.29. The van der Waals surface area contributed by atoms with Gasteiger partial charge in [0.1, 0.15) is 6.61 Å². The predicted molar refractivity (Wildman–Crippen MR) is 87.0 cm³/mol. The highest BCUT2D eigenvalue weighted by Crippen LogP contribution is 2.38. The van der Waals surface area contributed by atoms with Crippen LogP contribution < -0.4 is 0 Å². The van der Waals surface area contributed by atoms with Gasteiger partial charge in [0, 0.05) is 5.02 Å². The van der Waals surface area contributed by atoms with E-state index in [1.54, 1.807) is 6.07 Å². The molecule has 0 N–H and O–H groups in total. The van der Waals surface area contributed by atoms with Gasteiger partial charge in [-0.05, 0) is 36.0 Å². The molecule has 1 atom stereocenters. The van der Waals surface area contributed by atoms with Crippen LogP contribution in [0.3, 0.4) is 0 Å². The number of hydrogen-bond donors (Lipinski definition) is 0. The van der Waals surface area contributed by atoms with Gasteiger partial charge in [0.05, 0.1) is 8.07 Å². The summed E-state index contributed by atoms with van der Waals surface area (Å²) in [5, 5.41) is 0.655. The summed E-state index contributed by atoms with van der Waals surface area (Å²) >= 11 is 6.05. The third-order valence-corrected chi connectivity index (χ3v) is 12.9. The van der Waals surface area contributed by atoms with Gasteiger partial charge in [-0.25, -0.2) is 0 Å². The number of hydrogen-bond acceptors (Lipinski definition) is 1. The van der Waals surface area contributed by atoms with Crippen LogP contribution in [0.2, 0.25) is 37.8 Å². The van der Waals surface area contributed by atoms with E-state index >= 15 is 0 Å². The van der Waals surface area contributed by atoms with Gasteiger partial charge in [-0.3, -0.25) is 0 Å². The van der Waals surface area contributed by atoms with Gasteiger partial charge in [0.15, 0.2) is 8.32 Å². The second kappa shape index (κ2) is 6.44. The summed E-state index contributed by atoms with van der Waals surface area (Å²) in [6, 6.07) is 7.42. The predicted octanol–water partition coefficient (Wildman–Crippen LogP) is 5.62. The Labute approximate surface area is 131 Å². The van der Waals surface area contributed by atoms with Crippen molar-refractivity contribution in [1.29, 1.82) is 0 Å². The molecule has 0 saturated carbocycles. The highest BCUT2D eigenvalue weighted by atomic mass is 35.5. The van der Waals surface area contributed by atoms with Crippen molar-refractivity contribution in [2.45, 2.75) is 44.1 Å². The molecular weight excluding hydrogens is 333 g/mol. The van der Waals surface area contributed by atoms with E-state index in [1.165, 1.54) is 0 Å². The van der Waals surface area contributed by atoms with Gasteiger partial charge in [-0.2, -0.15) is 13.2 Å². The van der Waals surface area contributed by atoms with Gasteiger partial charge < -0.3 is 4.43 Å². The molecule has 7 heteroatoms. The third kappa shape index (κ3) is 5.77. The molecule has 0 spiro atoms. The Kier molecular flexibility index (Phi) is 5.75. The molecule has 0 heterocycles. The minimum atomic E-state index is -4.29. The van der Waals surface area contributed by atoms with Gasteiger partial charge >= 0.3 is 6.18 Å². The standard InChI is InChI=1S/C14H22ClF3OSi2/c1-20(2,3)13(11-7-6-8-12(15)9-11)21(4,5)19-10-14(16,17)18/h6-9,13H,10H2,1-5H3. The van der Waals surface area contributed by atoms with Crippen LogP contribution >= 0.6 is 11.6 Å². The quantitative estimate of drug-likeness (QED) is 0.623. The van der Waals surface area contributed by atoms with Crippen molar-refractivity contribution >= 4 is 28.0 Å². The lowest BCUT2D eigenvalue weighted by Crippen LogP contribution is -2.51. The van der Waals surface area contributed by atoms with E-state index in [2.05, 4.69) is 19.6 Å². The number of alkyl halides is 3. The molecule has 1 rings (SSSR count). The molecule has 0 aliphatic rings. The first-order valence-corrected chi connectivity index (χ1v) is 13.7. The Balaban J connectivity index is 3.14. The Morgan fingerprint density at radius 2 is 1.71 bits per heavy atom. The fourth-order valence-corrected chi connectivity index (χ4v) is 14.6. The summed E-state index contributed by atoms with van der Waals surface area (Å²) in [4.78, 5) is 0. The second-order valence-corrected chi connectivity index (χ2v) is 17.3. The average Bonchev–Trinajstić information content (AvgIpc) is 2.23. The van der Waals surface area contributed by atoms with E-state index in [1.807, 2.05) is 31.3 Å². The monoisotopic (exact) mass is 354 g/mol. The molecule has 0 aliphatic heterocycles. The molecule has 0 amide bonds. The maximum Gasteiger partial charge on any atom is 0.410 e. The van der Waals surface area contributed by atoms with E-state index in [4.69, 9.17) is 16.0 Å². The third-order valence-electron chi connectivity index (χ3n) is 3.35. The molecular formula is C14H22ClF3OSi2. The summed E-state index contributed by atoms with van der Waals surface area (Å²) in [6.45, 7) is 9.03. The second-order valence-electron chi connectivity index (χ2n) is 6.86. The molecule has 0 aliphatic carbocycles. The number of halogens is 4. The van der Waals surface area contributed by atoms with Gasteiger partial charge in [-0.15, -0.1) is 0 Å². The maximum absolute atomic E-state index is 12.5. The van der Waals surface area contributed by atoms with Crippen LogP contribution in [0, 0.1) is 0 Å².